The average Bonchev–Trinajstić information content (AvgIpc) is 2.57. The SMILES string of the molecule is SCC=Cc1c[nH]c2ncc(Br)cc12. The van der Waals surface area contributed by atoms with E-state index in [0.29, 0.717) is 0 Å². The third-order valence-corrected chi connectivity index (χ3v) is 2.58. The van der Waals surface area contributed by atoms with Crippen LogP contribution in [0.3, 0.4) is 0 Å². The third-order valence-electron chi connectivity index (χ3n) is 1.93. The predicted molar refractivity (Wildman–Crippen MR) is 66.7 cm³/mol. The summed E-state index contributed by atoms with van der Waals surface area (Å²) < 4.78 is 0.991. The fourth-order valence-electron chi connectivity index (χ4n) is 1.32. The largest absolute Gasteiger partial charge is 0.346 e. The van der Waals surface area contributed by atoms with Gasteiger partial charge in [0.15, 0.2) is 0 Å². The fraction of sp³-hybridized carbons (Fsp3) is 0.100. The van der Waals surface area contributed by atoms with Crippen molar-refractivity contribution >= 4 is 45.7 Å². The Labute approximate surface area is 96.0 Å². The first-order valence-corrected chi connectivity index (χ1v) is 5.64. The number of nitrogens with one attached hydrogen (secondary N) is 1. The molecule has 2 rings (SSSR count). The van der Waals surface area contributed by atoms with Gasteiger partial charge in [0.25, 0.3) is 0 Å². The molecule has 72 valence electrons. The molecule has 0 spiro atoms. The first-order valence-electron chi connectivity index (χ1n) is 4.21. The molecule has 2 aromatic rings. The van der Waals surface area contributed by atoms with Crippen molar-refractivity contribution in [3.05, 3.63) is 34.6 Å². The minimum atomic E-state index is 0.744. The van der Waals surface area contributed by atoms with Crippen LogP contribution in [0.1, 0.15) is 5.56 Å². The van der Waals surface area contributed by atoms with E-state index in [0.717, 1.165) is 26.8 Å². The van der Waals surface area contributed by atoms with Crippen LogP contribution in [-0.4, -0.2) is 15.7 Å². The standard InChI is InChI=1S/C10H9BrN2S/c11-8-4-9-7(2-1-3-14)5-12-10(9)13-6-8/h1-2,4-6,14H,3H2,(H,12,13). The number of halogens is 1. The molecule has 0 radical (unpaired) electrons. The third kappa shape index (κ3) is 1.86. The molecule has 0 atom stereocenters. The van der Waals surface area contributed by atoms with Crippen molar-refractivity contribution in [2.45, 2.75) is 0 Å². The molecule has 2 aromatic heterocycles. The van der Waals surface area contributed by atoms with E-state index in [4.69, 9.17) is 0 Å². The Hall–Kier alpha value is -0.740. The van der Waals surface area contributed by atoms with E-state index in [-0.39, 0.29) is 0 Å². The Bertz CT molecular complexity index is 476. The Kier molecular flexibility index (Phi) is 2.93. The van der Waals surface area contributed by atoms with Crippen molar-refractivity contribution in [2.75, 3.05) is 5.75 Å². The monoisotopic (exact) mass is 268 g/mol. The molecule has 0 aliphatic heterocycles. The number of rotatable bonds is 2. The summed E-state index contributed by atoms with van der Waals surface area (Å²) in [7, 11) is 0. The predicted octanol–water partition coefficient (Wildman–Crippen LogP) is 3.27. The molecule has 4 heteroatoms. The zero-order valence-electron chi connectivity index (χ0n) is 7.37. The molecule has 0 saturated carbocycles. The van der Waals surface area contributed by atoms with Crippen LogP contribution in [0.2, 0.25) is 0 Å². The van der Waals surface area contributed by atoms with E-state index < -0.39 is 0 Å². The van der Waals surface area contributed by atoms with Gasteiger partial charge >= 0.3 is 0 Å². The number of fused-ring (bicyclic) bond motifs is 1. The second-order valence-corrected chi connectivity index (χ2v) is 4.16. The smallest absolute Gasteiger partial charge is 0.137 e. The lowest BCUT2D eigenvalue weighted by molar-refractivity contribution is 1.31. The zero-order chi connectivity index (χ0) is 9.97. The lowest BCUT2D eigenvalue weighted by atomic mass is 10.2. The Morgan fingerprint density at radius 3 is 3.21 bits per heavy atom. The maximum Gasteiger partial charge on any atom is 0.137 e. The molecule has 0 aliphatic carbocycles. The van der Waals surface area contributed by atoms with Crippen LogP contribution in [-0.2, 0) is 0 Å². The van der Waals surface area contributed by atoms with Gasteiger partial charge in [0.2, 0.25) is 0 Å². The van der Waals surface area contributed by atoms with Gasteiger partial charge in [0.05, 0.1) is 0 Å². The highest BCUT2D eigenvalue weighted by Gasteiger charge is 2.01. The first-order chi connectivity index (χ1) is 6.81. The summed E-state index contributed by atoms with van der Waals surface area (Å²) in [6.07, 6.45) is 7.78. The molecule has 0 fully saturated rings. The molecule has 0 amide bonds. The molecule has 0 aliphatic rings. The lowest BCUT2D eigenvalue weighted by Crippen LogP contribution is -1.75. The van der Waals surface area contributed by atoms with Crippen LogP contribution in [0.25, 0.3) is 17.1 Å². The maximum atomic E-state index is 4.25. The number of thiol groups is 1. The van der Waals surface area contributed by atoms with Crippen molar-refractivity contribution in [1.29, 1.82) is 0 Å². The van der Waals surface area contributed by atoms with Gasteiger partial charge in [-0.3, -0.25) is 0 Å². The van der Waals surface area contributed by atoms with Crippen LogP contribution in [0.5, 0.6) is 0 Å². The molecule has 14 heavy (non-hydrogen) atoms. The number of hydrogen-bond acceptors (Lipinski definition) is 2. The second kappa shape index (κ2) is 4.19. The van der Waals surface area contributed by atoms with Gasteiger partial charge in [0.1, 0.15) is 5.65 Å². The number of H-pyrrole nitrogens is 1. The molecular formula is C10H9BrN2S. The number of hydrogen-bond donors (Lipinski definition) is 2. The van der Waals surface area contributed by atoms with Crippen LogP contribution in [0.4, 0.5) is 0 Å². The number of pyridine rings is 1. The van der Waals surface area contributed by atoms with Gasteiger partial charge < -0.3 is 4.98 Å². The molecule has 0 unspecified atom stereocenters. The van der Waals surface area contributed by atoms with E-state index in [1.807, 2.05) is 18.3 Å². The topological polar surface area (TPSA) is 28.7 Å². The van der Waals surface area contributed by atoms with E-state index >= 15 is 0 Å². The van der Waals surface area contributed by atoms with Crippen molar-refractivity contribution < 1.29 is 0 Å². The molecule has 1 N–H and O–H groups in total. The summed E-state index contributed by atoms with van der Waals surface area (Å²) in [5.41, 5.74) is 2.05. The van der Waals surface area contributed by atoms with Gasteiger partial charge in [-0.05, 0) is 22.0 Å². The number of aromatic amines is 1. The van der Waals surface area contributed by atoms with Gasteiger partial charge in [-0.25, -0.2) is 4.98 Å². The summed E-state index contributed by atoms with van der Waals surface area (Å²) in [5.74, 6) is 0.744. The highest BCUT2D eigenvalue weighted by Crippen LogP contribution is 2.21. The lowest BCUT2D eigenvalue weighted by Gasteiger charge is -1.92. The van der Waals surface area contributed by atoms with Crippen LogP contribution in [0, 0.1) is 0 Å². The highest BCUT2D eigenvalue weighted by atomic mass is 79.9. The summed E-state index contributed by atoms with van der Waals surface area (Å²) in [6, 6.07) is 2.05. The van der Waals surface area contributed by atoms with Crippen molar-refractivity contribution in [2.24, 2.45) is 0 Å². The molecule has 0 saturated heterocycles. The van der Waals surface area contributed by atoms with E-state index in [1.54, 1.807) is 6.20 Å². The quantitative estimate of drug-likeness (QED) is 0.805. The summed E-state index contributed by atoms with van der Waals surface area (Å²) in [6.45, 7) is 0. The first kappa shape index (κ1) is 9.80. The van der Waals surface area contributed by atoms with Crippen LogP contribution < -0.4 is 0 Å². The molecule has 0 bridgehead atoms. The number of aromatic nitrogens is 2. The van der Waals surface area contributed by atoms with Gasteiger partial charge in [-0.1, -0.05) is 12.2 Å². The second-order valence-electron chi connectivity index (χ2n) is 2.88. The summed E-state index contributed by atoms with van der Waals surface area (Å²) >= 11 is 7.53. The van der Waals surface area contributed by atoms with Crippen LogP contribution >= 0.6 is 28.6 Å². The average molecular weight is 269 g/mol. The normalized spacial score (nSPS) is 11.6. The minimum Gasteiger partial charge on any atom is -0.346 e. The Balaban J connectivity index is 2.55. The molecule has 0 aromatic carbocycles. The number of nitrogens with zero attached hydrogens (tertiary/aromatic N) is 1. The van der Waals surface area contributed by atoms with E-state index in [2.05, 4.69) is 44.6 Å². The summed E-state index contributed by atoms with van der Waals surface area (Å²) in [5, 5.41) is 1.12. The van der Waals surface area contributed by atoms with Crippen molar-refractivity contribution in [3.8, 4) is 0 Å². The minimum absolute atomic E-state index is 0.744. The van der Waals surface area contributed by atoms with E-state index in [9.17, 15) is 0 Å². The van der Waals surface area contributed by atoms with Gasteiger partial charge in [-0.2, -0.15) is 12.6 Å². The van der Waals surface area contributed by atoms with Crippen LogP contribution in [0.15, 0.2) is 29.0 Å². The van der Waals surface area contributed by atoms with Crippen molar-refractivity contribution in [1.82, 2.24) is 9.97 Å². The summed E-state index contributed by atoms with van der Waals surface area (Å²) in [4.78, 5) is 7.37. The van der Waals surface area contributed by atoms with E-state index in [1.165, 1.54) is 0 Å². The maximum absolute atomic E-state index is 4.25. The fourth-order valence-corrected chi connectivity index (χ4v) is 1.75. The Morgan fingerprint density at radius 2 is 2.43 bits per heavy atom. The molecular weight excluding hydrogens is 260 g/mol. The molecule has 2 nitrogen and oxygen atoms in total. The van der Waals surface area contributed by atoms with Gasteiger partial charge in [-0.15, -0.1) is 0 Å². The highest BCUT2D eigenvalue weighted by molar-refractivity contribution is 9.10. The zero-order valence-corrected chi connectivity index (χ0v) is 9.85. The van der Waals surface area contributed by atoms with Gasteiger partial charge in [0, 0.05) is 33.6 Å². The Morgan fingerprint density at radius 1 is 1.57 bits per heavy atom. The van der Waals surface area contributed by atoms with Crippen molar-refractivity contribution in [3.63, 3.8) is 0 Å². The molecule has 2 heterocycles.